The second kappa shape index (κ2) is 5.29. The van der Waals surface area contributed by atoms with E-state index in [-0.39, 0.29) is 5.78 Å². The van der Waals surface area contributed by atoms with Crippen LogP contribution in [0.25, 0.3) is 0 Å². The van der Waals surface area contributed by atoms with Crippen LogP contribution in [0.5, 0.6) is 0 Å². The number of rotatable bonds is 2. The Bertz CT molecular complexity index is 575. The quantitative estimate of drug-likeness (QED) is 0.620. The van der Waals surface area contributed by atoms with E-state index in [1.807, 2.05) is 0 Å². The van der Waals surface area contributed by atoms with Gasteiger partial charge in [-0.15, -0.1) is 11.3 Å². The van der Waals surface area contributed by atoms with E-state index in [0.29, 0.717) is 25.5 Å². The number of carbonyl (C=O) groups is 1. The lowest BCUT2D eigenvalue weighted by atomic mass is 10.1. The van der Waals surface area contributed by atoms with Crippen molar-refractivity contribution in [2.24, 2.45) is 0 Å². The number of benzene rings is 1. The third kappa shape index (κ3) is 2.85. The molecule has 1 aromatic carbocycles. The Morgan fingerprint density at radius 1 is 1.06 bits per heavy atom. The third-order valence-electron chi connectivity index (χ3n) is 2.05. The van der Waals surface area contributed by atoms with Gasteiger partial charge in [0.25, 0.3) is 0 Å². The summed E-state index contributed by atoms with van der Waals surface area (Å²) < 4.78 is 0.738. The van der Waals surface area contributed by atoms with E-state index in [4.69, 9.17) is 34.8 Å². The molecule has 1 heterocycles. The van der Waals surface area contributed by atoms with Crippen LogP contribution in [-0.4, -0.2) is 5.78 Å². The van der Waals surface area contributed by atoms with Crippen LogP contribution < -0.4 is 0 Å². The van der Waals surface area contributed by atoms with Gasteiger partial charge in [0, 0.05) is 5.56 Å². The van der Waals surface area contributed by atoms with Crippen molar-refractivity contribution >= 4 is 67.9 Å². The van der Waals surface area contributed by atoms with Gasteiger partial charge in [0.1, 0.15) is 0 Å². The van der Waals surface area contributed by atoms with Crippen molar-refractivity contribution in [2.75, 3.05) is 0 Å². The molecule has 0 aliphatic rings. The fourth-order valence-electron chi connectivity index (χ4n) is 1.24. The van der Waals surface area contributed by atoms with Crippen LogP contribution in [0.4, 0.5) is 0 Å². The lowest BCUT2D eigenvalue weighted by molar-refractivity contribution is 0.104. The van der Waals surface area contributed by atoms with Crippen molar-refractivity contribution in [1.29, 1.82) is 0 Å². The fraction of sp³-hybridized carbons (Fsp3) is 0. The molecule has 0 saturated carbocycles. The first-order chi connectivity index (χ1) is 7.99. The smallest absolute Gasteiger partial charge is 0.203 e. The van der Waals surface area contributed by atoms with Crippen LogP contribution in [0.15, 0.2) is 28.1 Å². The van der Waals surface area contributed by atoms with Gasteiger partial charge in [-0.3, -0.25) is 4.79 Å². The monoisotopic (exact) mass is 368 g/mol. The zero-order valence-corrected chi connectivity index (χ0v) is 12.8. The van der Waals surface area contributed by atoms with Gasteiger partial charge in [-0.05, 0) is 40.2 Å². The Morgan fingerprint density at radius 3 is 2.29 bits per heavy atom. The van der Waals surface area contributed by atoms with Gasteiger partial charge in [-0.2, -0.15) is 0 Å². The predicted molar refractivity (Wildman–Crippen MR) is 76.9 cm³/mol. The normalized spacial score (nSPS) is 10.6. The maximum atomic E-state index is 12.1. The summed E-state index contributed by atoms with van der Waals surface area (Å²) in [6.45, 7) is 0. The maximum absolute atomic E-state index is 12.1. The van der Waals surface area contributed by atoms with Crippen molar-refractivity contribution in [2.45, 2.75) is 0 Å². The largest absolute Gasteiger partial charge is 0.288 e. The van der Waals surface area contributed by atoms with E-state index in [1.54, 1.807) is 24.3 Å². The van der Waals surface area contributed by atoms with Gasteiger partial charge in [0.2, 0.25) is 5.78 Å². The van der Waals surface area contributed by atoms with Crippen LogP contribution in [0.3, 0.4) is 0 Å². The molecular weight excluding hydrogens is 366 g/mol. The molecule has 0 N–H and O–H groups in total. The summed E-state index contributed by atoms with van der Waals surface area (Å²) in [4.78, 5) is 12.7. The fourth-order valence-corrected chi connectivity index (χ4v) is 3.20. The highest BCUT2D eigenvalue weighted by Gasteiger charge is 2.15. The average Bonchev–Trinajstić information content (AvgIpc) is 2.62. The summed E-state index contributed by atoms with van der Waals surface area (Å²) in [5, 5.41) is 1.31. The Kier molecular flexibility index (Phi) is 4.16. The predicted octanol–water partition coefficient (Wildman–Crippen LogP) is 5.70. The molecule has 0 amide bonds. The molecule has 0 aliphatic heterocycles. The van der Waals surface area contributed by atoms with Crippen molar-refractivity contribution in [1.82, 2.24) is 0 Å². The zero-order valence-electron chi connectivity index (χ0n) is 8.14. The minimum absolute atomic E-state index is 0.124. The second-order valence-corrected chi connectivity index (χ2v) is 6.78. The Morgan fingerprint density at radius 2 is 1.76 bits per heavy atom. The lowest BCUT2D eigenvalue weighted by Crippen LogP contribution is -1.98. The molecule has 0 fully saturated rings. The SMILES string of the molecule is O=C(c1ccc(Cl)c(Cl)c1)c1cc(Cl)c(Br)s1. The maximum Gasteiger partial charge on any atom is 0.203 e. The molecule has 1 aromatic heterocycles. The number of thiophene rings is 1. The molecule has 0 atom stereocenters. The van der Waals surface area contributed by atoms with Crippen molar-refractivity contribution in [3.63, 3.8) is 0 Å². The molecule has 0 unspecified atom stereocenters. The van der Waals surface area contributed by atoms with Crippen LogP contribution in [0.2, 0.25) is 15.1 Å². The van der Waals surface area contributed by atoms with Crippen LogP contribution in [0, 0.1) is 0 Å². The summed E-state index contributed by atoms with van der Waals surface area (Å²) in [6, 6.07) is 6.41. The van der Waals surface area contributed by atoms with E-state index in [1.165, 1.54) is 11.3 Å². The van der Waals surface area contributed by atoms with E-state index >= 15 is 0 Å². The van der Waals surface area contributed by atoms with E-state index in [0.717, 1.165) is 3.79 Å². The van der Waals surface area contributed by atoms with Gasteiger partial charge in [-0.25, -0.2) is 0 Å². The number of hydrogen-bond acceptors (Lipinski definition) is 2. The molecule has 17 heavy (non-hydrogen) atoms. The minimum atomic E-state index is -0.124. The van der Waals surface area contributed by atoms with Crippen LogP contribution in [-0.2, 0) is 0 Å². The van der Waals surface area contributed by atoms with Crippen molar-refractivity contribution in [3.05, 3.63) is 53.6 Å². The molecule has 1 nitrogen and oxygen atoms in total. The molecule has 0 bridgehead atoms. The Labute approximate surface area is 125 Å². The Hall–Kier alpha value is -0.0600. The number of carbonyl (C=O) groups excluding carboxylic acids is 1. The first-order valence-corrected chi connectivity index (χ1v) is 7.18. The van der Waals surface area contributed by atoms with Gasteiger partial charge in [0.15, 0.2) is 0 Å². The Balaban J connectivity index is 2.40. The van der Waals surface area contributed by atoms with Crippen molar-refractivity contribution in [3.8, 4) is 0 Å². The lowest BCUT2D eigenvalue weighted by Gasteiger charge is -2.00. The molecule has 0 aliphatic carbocycles. The van der Waals surface area contributed by atoms with E-state index in [2.05, 4.69) is 15.9 Å². The number of hydrogen-bond donors (Lipinski definition) is 0. The summed E-state index contributed by atoms with van der Waals surface area (Å²) in [5.74, 6) is -0.124. The minimum Gasteiger partial charge on any atom is -0.288 e. The molecule has 2 aromatic rings. The highest BCUT2D eigenvalue weighted by atomic mass is 79.9. The molecule has 2 rings (SSSR count). The average molecular weight is 370 g/mol. The first kappa shape index (κ1) is 13.4. The van der Waals surface area contributed by atoms with Crippen molar-refractivity contribution < 1.29 is 4.79 Å². The van der Waals surface area contributed by atoms with Gasteiger partial charge < -0.3 is 0 Å². The molecule has 6 heteroatoms. The number of ketones is 1. The molecule has 0 spiro atoms. The summed E-state index contributed by atoms with van der Waals surface area (Å²) in [6.07, 6.45) is 0. The van der Waals surface area contributed by atoms with Gasteiger partial charge >= 0.3 is 0 Å². The highest BCUT2D eigenvalue weighted by Crippen LogP contribution is 2.33. The first-order valence-electron chi connectivity index (χ1n) is 4.43. The van der Waals surface area contributed by atoms with Crippen LogP contribution in [0.1, 0.15) is 15.2 Å². The summed E-state index contributed by atoms with van der Waals surface area (Å²) in [7, 11) is 0. The second-order valence-electron chi connectivity index (χ2n) is 3.19. The highest BCUT2D eigenvalue weighted by molar-refractivity contribution is 9.11. The topological polar surface area (TPSA) is 17.1 Å². The molecule has 88 valence electrons. The van der Waals surface area contributed by atoms with Crippen LogP contribution >= 0.6 is 62.1 Å². The van der Waals surface area contributed by atoms with Gasteiger partial charge in [-0.1, -0.05) is 34.8 Å². The summed E-state index contributed by atoms with van der Waals surface area (Å²) in [5.41, 5.74) is 0.491. The summed E-state index contributed by atoms with van der Waals surface area (Å²) >= 11 is 22.1. The molecular formula is C11H4BrCl3OS. The van der Waals surface area contributed by atoms with Gasteiger partial charge in [0.05, 0.1) is 23.7 Å². The molecule has 0 saturated heterocycles. The zero-order chi connectivity index (χ0) is 12.6. The number of halogens is 4. The standard InChI is InChI=1S/C11H4BrCl3OS/c12-11-8(15)4-9(17-11)10(16)5-1-2-6(13)7(14)3-5/h1-4H. The third-order valence-corrected chi connectivity index (χ3v) is 5.26. The van der Waals surface area contributed by atoms with E-state index in [9.17, 15) is 4.79 Å². The molecule has 0 radical (unpaired) electrons. The van der Waals surface area contributed by atoms with E-state index < -0.39 is 0 Å².